The Morgan fingerprint density at radius 1 is 1.37 bits per heavy atom. The molecule has 0 spiro atoms. The Hall–Kier alpha value is -0.880. The number of nitrogens with zero attached hydrogens (tertiary/aromatic N) is 3. The van der Waals surface area contributed by atoms with Crippen LogP contribution in [0.5, 0.6) is 0 Å². The van der Waals surface area contributed by atoms with Crippen LogP contribution in [0.25, 0.3) is 0 Å². The lowest BCUT2D eigenvalue weighted by Crippen LogP contribution is -2.32. The lowest BCUT2D eigenvalue weighted by molar-refractivity contribution is 0.530. The maximum atomic E-state index is 12.3. The Labute approximate surface area is 121 Å². The molecule has 1 aromatic rings. The first-order chi connectivity index (χ1) is 9.25. The van der Waals surface area contributed by atoms with Gasteiger partial charge in [-0.15, -0.1) is 0 Å². The molecule has 1 aromatic heterocycles. The van der Waals surface area contributed by atoms with Gasteiger partial charge in [-0.1, -0.05) is 0 Å². The molecule has 0 radical (unpaired) electrons. The van der Waals surface area contributed by atoms with Crippen LogP contribution in [-0.4, -0.2) is 36.0 Å². The highest BCUT2D eigenvalue weighted by molar-refractivity contribution is 9.10. The predicted molar refractivity (Wildman–Crippen MR) is 78.6 cm³/mol. The monoisotopic (exact) mass is 326 g/mol. The molecule has 0 aromatic carbocycles. The smallest absolute Gasteiger partial charge is 0.283 e. The highest BCUT2D eigenvalue weighted by Gasteiger charge is 2.24. The minimum Gasteiger partial charge on any atom is -0.368 e. The summed E-state index contributed by atoms with van der Waals surface area (Å²) in [4.78, 5) is 14.5. The van der Waals surface area contributed by atoms with E-state index >= 15 is 0 Å². The van der Waals surface area contributed by atoms with Crippen LogP contribution in [0.2, 0.25) is 0 Å². The van der Waals surface area contributed by atoms with E-state index in [2.05, 4.69) is 31.2 Å². The highest BCUT2D eigenvalue weighted by Crippen LogP contribution is 2.30. The third-order valence-corrected chi connectivity index (χ3v) is 4.52. The van der Waals surface area contributed by atoms with Crippen LogP contribution < -0.4 is 15.8 Å². The number of rotatable bonds is 3. The van der Waals surface area contributed by atoms with Gasteiger partial charge in [0, 0.05) is 26.2 Å². The molecule has 1 aliphatic heterocycles. The molecule has 0 atom stereocenters. The molecule has 0 amide bonds. The zero-order chi connectivity index (χ0) is 13.2. The largest absolute Gasteiger partial charge is 0.368 e. The maximum Gasteiger partial charge on any atom is 0.283 e. The van der Waals surface area contributed by atoms with Gasteiger partial charge in [-0.3, -0.25) is 4.79 Å². The summed E-state index contributed by atoms with van der Waals surface area (Å²) >= 11 is 3.47. The lowest BCUT2D eigenvalue weighted by Gasteiger charge is -2.23. The fourth-order valence-electron chi connectivity index (χ4n) is 2.44. The Morgan fingerprint density at radius 2 is 2.21 bits per heavy atom. The Morgan fingerprint density at radius 3 is 3.00 bits per heavy atom. The van der Waals surface area contributed by atoms with E-state index in [1.807, 2.05) is 6.20 Å². The minimum atomic E-state index is 0.00149. The second kappa shape index (κ2) is 5.63. The average Bonchev–Trinajstić information content (AvgIpc) is 3.22. The fourth-order valence-corrected chi connectivity index (χ4v) is 3.00. The topological polar surface area (TPSA) is 50.2 Å². The molecule has 0 unspecified atom stereocenters. The molecule has 19 heavy (non-hydrogen) atoms. The molecule has 1 saturated carbocycles. The van der Waals surface area contributed by atoms with Gasteiger partial charge < -0.3 is 10.2 Å². The molecule has 2 aliphatic rings. The number of nitrogens with one attached hydrogen (secondary N) is 1. The van der Waals surface area contributed by atoms with Gasteiger partial charge in [0.1, 0.15) is 4.47 Å². The van der Waals surface area contributed by atoms with Gasteiger partial charge in [0.2, 0.25) is 0 Å². The number of halogens is 1. The average molecular weight is 327 g/mol. The summed E-state index contributed by atoms with van der Waals surface area (Å²) in [6.45, 7) is 4.66. The minimum absolute atomic E-state index is 0.00149. The van der Waals surface area contributed by atoms with Crippen molar-refractivity contribution in [2.75, 3.05) is 31.1 Å². The molecule has 2 fully saturated rings. The molecule has 2 heterocycles. The number of hydrogen-bond donors (Lipinski definition) is 1. The zero-order valence-electron chi connectivity index (χ0n) is 10.9. The maximum absolute atomic E-state index is 12.3. The van der Waals surface area contributed by atoms with Crippen molar-refractivity contribution in [1.82, 2.24) is 15.1 Å². The second-order valence-corrected chi connectivity index (χ2v) is 6.16. The highest BCUT2D eigenvalue weighted by atomic mass is 79.9. The molecule has 1 saturated heterocycles. The van der Waals surface area contributed by atoms with E-state index in [0.717, 1.165) is 44.8 Å². The summed E-state index contributed by atoms with van der Waals surface area (Å²) in [5.74, 6) is 0.658. The third kappa shape index (κ3) is 3.00. The molecule has 6 heteroatoms. The van der Waals surface area contributed by atoms with Crippen LogP contribution in [0, 0.1) is 5.92 Å². The van der Waals surface area contributed by atoms with Gasteiger partial charge >= 0.3 is 0 Å². The lowest BCUT2D eigenvalue weighted by atomic mass is 10.3. The normalized spacial score (nSPS) is 20.4. The summed E-state index contributed by atoms with van der Waals surface area (Å²) in [6.07, 6.45) is 5.38. The predicted octanol–water partition coefficient (Wildman–Crippen LogP) is 1.22. The van der Waals surface area contributed by atoms with Crippen LogP contribution in [0.3, 0.4) is 0 Å². The standard InChI is InChI=1S/C13H19BrN4O/c14-12-11(17-6-1-4-15-5-7-17)8-16-18(13(12)19)9-10-2-3-10/h8,10,15H,1-7,9H2. The quantitative estimate of drug-likeness (QED) is 0.907. The van der Waals surface area contributed by atoms with E-state index in [4.69, 9.17) is 0 Å². The van der Waals surface area contributed by atoms with Crippen molar-refractivity contribution in [1.29, 1.82) is 0 Å². The van der Waals surface area contributed by atoms with Crippen molar-refractivity contribution in [2.45, 2.75) is 25.8 Å². The van der Waals surface area contributed by atoms with Crippen LogP contribution in [-0.2, 0) is 6.54 Å². The van der Waals surface area contributed by atoms with E-state index in [-0.39, 0.29) is 5.56 Å². The number of hydrogen-bond acceptors (Lipinski definition) is 4. The molecular weight excluding hydrogens is 308 g/mol. The molecule has 1 N–H and O–H groups in total. The Kier molecular flexibility index (Phi) is 3.88. The first kappa shape index (κ1) is 13.1. The molecular formula is C13H19BrN4O. The van der Waals surface area contributed by atoms with Gasteiger partial charge in [-0.05, 0) is 47.7 Å². The van der Waals surface area contributed by atoms with Gasteiger partial charge in [-0.25, -0.2) is 4.68 Å². The summed E-state index contributed by atoms with van der Waals surface area (Å²) < 4.78 is 2.26. The van der Waals surface area contributed by atoms with Crippen LogP contribution >= 0.6 is 15.9 Å². The van der Waals surface area contributed by atoms with Gasteiger partial charge in [0.15, 0.2) is 0 Å². The number of anilines is 1. The second-order valence-electron chi connectivity index (χ2n) is 5.37. The molecule has 0 bridgehead atoms. The molecule has 104 valence electrons. The van der Waals surface area contributed by atoms with Gasteiger partial charge in [-0.2, -0.15) is 5.10 Å². The SMILES string of the molecule is O=c1c(Br)c(N2CCCNCC2)cnn1CC1CC1. The Balaban J connectivity index is 1.84. The zero-order valence-corrected chi connectivity index (χ0v) is 12.5. The van der Waals surface area contributed by atoms with E-state index in [0.29, 0.717) is 10.4 Å². The summed E-state index contributed by atoms with van der Waals surface area (Å²) in [6, 6.07) is 0. The third-order valence-electron chi connectivity index (χ3n) is 3.78. The van der Waals surface area contributed by atoms with Crippen molar-refractivity contribution in [3.05, 3.63) is 21.0 Å². The van der Waals surface area contributed by atoms with E-state index in [1.165, 1.54) is 12.8 Å². The first-order valence-electron chi connectivity index (χ1n) is 6.97. The van der Waals surface area contributed by atoms with Crippen molar-refractivity contribution in [3.63, 3.8) is 0 Å². The summed E-state index contributed by atoms with van der Waals surface area (Å²) in [5, 5.41) is 7.70. The van der Waals surface area contributed by atoms with E-state index < -0.39 is 0 Å². The first-order valence-corrected chi connectivity index (χ1v) is 7.76. The molecule has 3 rings (SSSR count). The van der Waals surface area contributed by atoms with Crippen molar-refractivity contribution < 1.29 is 0 Å². The van der Waals surface area contributed by atoms with Crippen molar-refractivity contribution in [3.8, 4) is 0 Å². The van der Waals surface area contributed by atoms with Crippen molar-refractivity contribution >= 4 is 21.6 Å². The summed E-state index contributed by atoms with van der Waals surface area (Å²) in [5.41, 5.74) is 0.933. The van der Waals surface area contributed by atoms with Gasteiger partial charge in [0.05, 0.1) is 11.9 Å². The van der Waals surface area contributed by atoms with E-state index in [9.17, 15) is 4.79 Å². The molecule has 5 nitrogen and oxygen atoms in total. The van der Waals surface area contributed by atoms with Gasteiger partial charge in [0.25, 0.3) is 5.56 Å². The Bertz CT molecular complexity index is 504. The summed E-state index contributed by atoms with van der Waals surface area (Å²) in [7, 11) is 0. The fraction of sp³-hybridized carbons (Fsp3) is 0.692. The van der Waals surface area contributed by atoms with Crippen LogP contribution in [0.15, 0.2) is 15.5 Å². The molecule has 1 aliphatic carbocycles. The number of aromatic nitrogens is 2. The van der Waals surface area contributed by atoms with Crippen LogP contribution in [0.1, 0.15) is 19.3 Å². The van der Waals surface area contributed by atoms with Crippen molar-refractivity contribution in [2.24, 2.45) is 5.92 Å². The van der Waals surface area contributed by atoms with Crippen LogP contribution in [0.4, 0.5) is 5.69 Å². The van der Waals surface area contributed by atoms with E-state index in [1.54, 1.807) is 4.68 Å².